The molecule has 0 spiro atoms. The van der Waals surface area contributed by atoms with E-state index in [9.17, 15) is 14.0 Å². The predicted molar refractivity (Wildman–Crippen MR) is 149 cm³/mol. The summed E-state index contributed by atoms with van der Waals surface area (Å²) in [5.74, 6) is 0.102. The average molecular weight is 638 g/mol. The van der Waals surface area contributed by atoms with Gasteiger partial charge in [0.2, 0.25) is 0 Å². The van der Waals surface area contributed by atoms with Gasteiger partial charge < -0.3 is 9.47 Å². The van der Waals surface area contributed by atoms with Crippen molar-refractivity contribution in [3.8, 4) is 11.5 Å². The third-order valence-electron chi connectivity index (χ3n) is 5.39. The highest BCUT2D eigenvalue weighted by Crippen LogP contribution is 2.38. The maximum Gasteiger partial charge on any atom is 0.293 e. The summed E-state index contributed by atoms with van der Waals surface area (Å²) in [5.41, 5.74) is 2.93. The topological polar surface area (TPSA) is 55.8 Å². The van der Waals surface area contributed by atoms with Crippen molar-refractivity contribution >= 4 is 63.2 Å². The van der Waals surface area contributed by atoms with Crippen LogP contribution in [0.1, 0.15) is 29.2 Å². The van der Waals surface area contributed by atoms with Gasteiger partial charge in [-0.15, -0.1) is 0 Å². The molecule has 3 aromatic rings. The first kappa shape index (κ1) is 26.5. The van der Waals surface area contributed by atoms with E-state index in [0.29, 0.717) is 32.1 Å². The molecular weight excluding hydrogens is 616 g/mol. The van der Waals surface area contributed by atoms with Crippen LogP contribution in [0.4, 0.5) is 9.18 Å². The second kappa shape index (κ2) is 11.7. The average Bonchev–Trinajstić information content (AvgIpc) is 3.09. The van der Waals surface area contributed by atoms with Crippen molar-refractivity contribution in [2.75, 3.05) is 6.61 Å². The molecule has 1 aliphatic heterocycles. The zero-order valence-corrected chi connectivity index (χ0v) is 23.2. The molecule has 4 rings (SSSR count). The summed E-state index contributed by atoms with van der Waals surface area (Å²) < 4.78 is 26.6. The van der Waals surface area contributed by atoms with Crippen LogP contribution in [0.5, 0.6) is 11.5 Å². The SMILES string of the molecule is CCOc1cc(/C=C2\SC(=O)N(Cc3ccc(C)cc3)C2=O)cc(I)c1OCc1c(F)cccc1Cl. The van der Waals surface area contributed by atoms with E-state index >= 15 is 0 Å². The van der Waals surface area contributed by atoms with E-state index in [4.69, 9.17) is 21.1 Å². The molecule has 0 aliphatic carbocycles. The maximum atomic E-state index is 14.2. The van der Waals surface area contributed by atoms with E-state index in [0.717, 1.165) is 22.9 Å². The minimum Gasteiger partial charge on any atom is -0.490 e. The lowest BCUT2D eigenvalue weighted by Gasteiger charge is -2.16. The van der Waals surface area contributed by atoms with E-state index in [2.05, 4.69) is 22.6 Å². The highest BCUT2D eigenvalue weighted by Gasteiger charge is 2.35. The predicted octanol–water partition coefficient (Wildman–Crippen LogP) is 7.61. The number of carbonyl (C=O) groups excluding carboxylic acids is 2. The van der Waals surface area contributed by atoms with Gasteiger partial charge in [-0.05, 0) is 89.7 Å². The van der Waals surface area contributed by atoms with Crippen molar-refractivity contribution < 1.29 is 23.5 Å². The second-order valence-electron chi connectivity index (χ2n) is 8.01. The van der Waals surface area contributed by atoms with Crippen LogP contribution in [0.15, 0.2) is 59.5 Å². The van der Waals surface area contributed by atoms with Crippen LogP contribution in [0, 0.1) is 16.3 Å². The molecule has 0 atom stereocenters. The number of carbonyl (C=O) groups is 2. The summed E-state index contributed by atoms with van der Waals surface area (Å²) in [7, 11) is 0. The van der Waals surface area contributed by atoms with Crippen molar-refractivity contribution in [1.82, 2.24) is 4.90 Å². The molecule has 9 heteroatoms. The molecule has 5 nitrogen and oxygen atoms in total. The number of thioether (sulfide) groups is 1. The number of amides is 2. The third-order valence-corrected chi connectivity index (χ3v) is 7.45. The molecule has 1 saturated heterocycles. The number of ether oxygens (including phenoxy) is 2. The molecule has 0 radical (unpaired) electrons. The molecule has 36 heavy (non-hydrogen) atoms. The van der Waals surface area contributed by atoms with Crippen molar-refractivity contribution in [3.05, 3.63) is 96.2 Å². The quantitative estimate of drug-likeness (QED) is 0.188. The number of rotatable bonds is 8. The van der Waals surface area contributed by atoms with Crippen LogP contribution in [0.2, 0.25) is 5.02 Å². The van der Waals surface area contributed by atoms with Gasteiger partial charge in [0.25, 0.3) is 11.1 Å². The first-order valence-corrected chi connectivity index (χ1v) is 13.4. The lowest BCUT2D eigenvalue weighted by Crippen LogP contribution is -2.27. The third kappa shape index (κ3) is 6.04. The Morgan fingerprint density at radius 3 is 2.56 bits per heavy atom. The summed E-state index contributed by atoms with van der Waals surface area (Å²) in [6.45, 7) is 4.35. The van der Waals surface area contributed by atoms with Gasteiger partial charge in [0.1, 0.15) is 12.4 Å². The summed E-state index contributed by atoms with van der Waals surface area (Å²) in [6.07, 6.45) is 1.67. The fourth-order valence-electron chi connectivity index (χ4n) is 3.55. The number of hydrogen-bond donors (Lipinski definition) is 0. The second-order valence-corrected chi connectivity index (χ2v) is 10.6. The Hall–Kier alpha value is -2.56. The van der Waals surface area contributed by atoms with Crippen molar-refractivity contribution in [2.45, 2.75) is 27.0 Å². The van der Waals surface area contributed by atoms with E-state index in [1.165, 1.54) is 17.0 Å². The van der Waals surface area contributed by atoms with Gasteiger partial charge in [0.15, 0.2) is 11.5 Å². The van der Waals surface area contributed by atoms with Crippen LogP contribution in [-0.4, -0.2) is 22.7 Å². The van der Waals surface area contributed by atoms with Crippen LogP contribution in [-0.2, 0) is 17.9 Å². The molecular formula is C27H22ClFINO4S. The number of hydrogen-bond acceptors (Lipinski definition) is 5. The Morgan fingerprint density at radius 2 is 1.86 bits per heavy atom. The molecule has 1 fully saturated rings. The highest BCUT2D eigenvalue weighted by molar-refractivity contribution is 14.1. The molecule has 3 aromatic carbocycles. The van der Waals surface area contributed by atoms with Gasteiger partial charge in [0, 0.05) is 5.56 Å². The van der Waals surface area contributed by atoms with Gasteiger partial charge >= 0.3 is 0 Å². The smallest absolute Gasteiger partial charge is 0.293 e. The molecule has 2 amide bonds. The standard InChI is InChI=1S/C27H22ClFINO4S/c1-3-34-23-12-18(11-22(30)25(23)35-15-19-20(28)5-4-6-21(19)29)13-24-26(32)31(27(33)36-24)14-17-9-7-16(2)8-10-17/h4-13H,3,14-15H2,1-2H3/b24-13-. The summed E-state index contributed by atoms with van der Waals surface area (Å²) in [6, 6.07) is 15.7. The van der Waals surface area contributed by atoms with Gasteiger partial charge in [-0.1, -0.05) is 47.5 Å². The van der Waals surface area contributed by atoms with Gasteiger partial charge in [-0.25, -0.2) is 4.39 Å². The molecule has 0 bridgehead atoms. The van der Waals surface area contributed by atoms with E-state index in [1.54, 1.807) is 18.2 Å². The van der Waals surface area contributed by atoms with Crippen LogP contribution in [0.25, 0.3) is 6.08 Å². The first-order valence-electron chi connectivity index (χ1n) is 11.1. The largest absolute Gasteiger partial charge is 0.490 e. The molecule has 0 aromatic heterocycles. The zero-order chi connectivity index (χ0) is 25.8. The monoisotopic (exact) mass is 637 g/mol. The van der Waals surface area contributed by atoms with Gasteiger partial charge in [-0.2, -0.15) is 0 Å². The minimum absolute atomic E-state index is 0.0706. The molecule has 0 unspecified atom stereocenters. The summed E-state index contributed by atoms with van der Waals surface area (Å²) >= 11 is 9.13. The maximum absolute atomic E-state index is 14.2. The summed E-state index contributed by atoms with van der Waals surface area (Å²) in [5, 5.41) is -0.0331. The van der Waals surface area contributed by atoms with Gasteiger partial charge in [0.05, 0.1) is 26.6 Å². The van der Waals surface area contributed by atoms with Crippen molar-refractivity contribution in [2.24, 2.45) is 0 Å². The van der Waals surface area contributed by atoms with Crippen LogP contribution in [0.3, 0.4) is 0 Å². The lowest BCUT2D eigenvalue weighted by atomic mass is 10.1. The summed E-state index contributed by atoms with van der Waals surface area (Å²) in [4.78, 5) is 27.1. The van der Waals surface area contributed by atoms with E-state index < -0.39 is 5.82 Å². The first-order chi connectivity index (χ1) is 17.3. The van der Waals surface area contributed by atoms with Crippen molar-refractivity contribution in [1.29, 1.82) is 0 Å². The van der Waals surface area contributed by atoms with Crippen LogP contribution < -0.4 is 9.47 Å². The fraction of sp³-hybridized carbons (Fsp3) is 0.185. The fourth-order valence-corrected chi connectivity index (χ4v) is 5.39. The number of aryl methyl sites for hydroxylation is 1. The Balaban J connectivity index is 1.57. The number of halogens is 3. The van der Waals surface area contributed by atoms with E-state index in [1.807, 2.05) is 44.2 Å². The molecule has 0 N–H and O–H groups in total. The van der Waals surface area contributed by atoms with Crippen LogP contribution >= 0.6 is 46.0 Å². The van der Waals surface area contributed by atoms with E-state index in [-0.39, 0.29) is 34.9 Å². The molecule has 186 valence electrons. The zero-order valence-electron chi connectivity index (χ0n) is 19.5. The molecule has 1 heterocycles. The molecule has 0 saturated carbocycles. The Morgan fingerprint density at radius 1 is 1.11 bits per heavy atom. The molecule has 1 aliphatic rings. The Kier molecular flexibility index (Phi) is 8.58. The lowest BCUT2D eigenvalue weighted by molar-refractivity contribution is -0.123. The minimum atomic E-state index is -0.451. The number of nitrogens with zero attached hydrogens (tertiary/aromatic N) is 1. The van der Waals surface area contributed by atoms with Gasteiger partial charge in [-0.3, -0.25) is 14.5 Å². The highest BCUT2D eigenvalue weighted by atomic mass is 127. The normalized spacial score (nSPS) is 14.6. The number of benzene rings is 3. The Bertz CT molecular complexity index is 1330. The van der Waals surface area contributed by atoms with Crippen molar-refractivity contribution in [3.63, 3.8) is 0 Å². The number of imide groups is 1. The Labute approximate surface area is 231 Å².